The van der Waals surface area contributed by atoms with Crippen LogP contribution >= 0.6 is 0 Å². The van der Waals surface area contributed by atoms with Crippen molar-refractivity contribution in [3.63, 3.8) is 0 Å². The molecule has 1 rings (SSSR count). The maximum atomic E-state index is 12.5. The van der Waals surface area contributed by atoms with Crippen molar-refractivity contribution in [2.45, 2.75) is 91.4 Å². The molecule has 19 heavy (non-hydrogen) atoms. The fraction of sp³-hybridized carbons (Fsp3) is 0.938. The Balaban J connectivity index is 2.61. The van der Waals surface area contributed by atoms with Gasteiger partial charge < -0.3 is 4.90 Å². The van der Waals surface area contributed by atoms with E-state index in [-0.39, 0.29) is 12.2 Å². The van der Waals surface area contributed by atoms with E-state index in [0.717, 1.165) is 19.3 Å². The summed E-state index contributed by atoms with van der Waals surface area (Å²) in [7, 11) is 0. The molecule has 1 N–H and O–H groups in total. The summed E-state index contributed by atoms with van der Waals surface area (Å²) in [6.07, 6.45) is 7.07. The molecular weight excluding hydrogens is 236 g/mol. The largest absolute Gasteiger partial charge is 0.323 e. The van der Waals surface area contributed by atoms with E-state index >= 15 is 0 Å². The molecule has 1 heterocycles. The summed E-state index contributed by atoms with van der Waals surface area (Å²) < 4.78 is 0. The lowest BCUT2D eigenvalue weighted by Gasteiger charge is -2.30. The molecule has 3 unspecified atom stereocenters. The Morgan fingerprint density at radius 3 is 2.42 bits per heavy atom. The van der Waals surface area contributed by atoms with Crippen LogP contribution in [-0.2, 0) is 4.79 Å². The van der Waals surface area contributed by atoms with Gasteiger partial charge in [-0.2, -0.15) is 0 Å². The van der Waals surface area contributed by atoms with E-state index in [1.807, 2.05) is 0 Å². The maximum absolute atomic E-state index is 12.5. The zero-order chi connectivity index (χ0) is 14.4. The van der Waals surface area contributed by atoms with Crippen molar-refractivity contribution in [2.24, 2.45) is 5.92 Å². The highest BCUT2D eigenvalue weighted by Gasteiger charge is 2.39. The lowest BCUT2D eigenvalue weighted by Crippen LogP contribution is -2.42. The minimum absolute atomic E-state index is 0.0403. The molecule has 112 valence electrons. The highest BCUT2D eigenvalue weighted by atomic mass is 16.2. The minimum atomic E-state index is 0.0403. The highest BCUT2D eigenvalue weighted by molar-refractivity contribution is 5.84. The number of carbonyl (C=O) groups excluding carboxylic acids is 1. The summed E-state index contributed by atoms with van der Waals surface area (Å²) in [5, 5.41) is 3.52. The van der Waals surface area contributed by atoms with Gasteiger partial charge in [-0.25, -0.2) is 0 Å². The third-order valence-corrected chi connectivity index (χ3v) is 4.08. The third kappa shape index (κ3) is 4.48. The molecule has 1 aliphatic heterocycles. The predicted octanol–water partition coefficient (Wildman–Crippen LogP) is 3.54. The Morgan fingerprint density at radius 2 is 1.89 bits per heavy atom. The zero-order valence-corrected chi connectivity index (χ0v) is 13.4. The van der Waals surface area contributed by atoms with E-state index in [9.17, 15) is 4.79 Å². The second kappa shape index (κ2) is 7.88. The third-order valence-electron chi connectivity index (χ3n) is 4.08. The van der Waals surface area contributed by atoms with Gasteiger partial charge in [-0.05, 0) is 32.1 Å². The standard InChI is InChI=1S/C16H32N2O/c1-6-8-9-10-13(5)18-15(7-2)17-14(16(18)19)11-12(3)4/h12-15,17H,6-11H2,1-5H3. The van der Waals surface area contributed by atoms with Crippen molar-refractivity contribution >= 4 is 5.91 Å². The molecule has 1 amide bonds. The van der Waals surface area contributed by atoms with Crippen LogP contribution in [0.1, 0.15) is 73.1 Å². The molecule has 0 radical (unpaired) electrons. The summed E-state index contributed by atoms with van der Waals surface area (Å²) in [6.45, 7) is 11.0. The Bertz CT molecular complexity index is 278. The van der Waals surface area contributed by atoms with Crippen LogP contribution in [-0.4, -0.2) is 29.1 Å². The summed E-state index contributed by atoms with van der Waals surface area (Å²) in [4.78, 5) is 14.7. The zero-order valence-electron chi connectivity index (χ0n) is 13.4. The first kappa shape index (κ1) is 16.5. The molecule has 1 fully saturated rings. The number of nitrogens with one attached hydrogen (secondary N) is 1. The SMILES string of the molecule is CCCCCC(C)N1C(=O)C(CC(C)C)NC1CC. The van der Waals surface area contributed by atoms with E-state index in [1.165, 1.54) is 19.3 Å². The van der Waals surface area contributed by atoms with Gasteiger partial charge in [0.1, 0.15) is 0 Å². The van der Waals surface area contributed by atoms with Gasteiger partial charge in [-0.3, -0.25) is 10.1 Å². The van der Waals surface area contributed by atoms with Gasteiger partial charge in [-0.15, -0.1) is 0 Å². The van der Waals surface area contributed by atoms with E-state index in [1.54, 1.807) is 0 Å². The number of hydrogen-bond acceptors (Lipinski definition) is 2. The van der Waals surface area contributed by atoms with Gasteiger partial charge in [0.15, 0.2) is 0 Å². The van der Waals surface area contributed by atoms with Gasteiger partial charge in [0.05, 0.1) is 12.2 Å². The summed E-state index contributed by atoms with van der Waals surface area (Å²) in [6, 6.07) is 0.409. The number of rotatable bonds is 8. The number of amides is 1. The monoisotopic (exact) mass is 268 g/mol. The molecule has 3 heteroatoms. The fourth-order valence-corrected chi connectivity index (χ4v) is 3.03. The van der Waals surface area contributed by atoms with Crippen molar-refractivity contribution in [3.05, 3.63) is 0 Å². The number of hydrogen-bond donors (Lipinski definition) is 1. The van der Waals surface area contributed by atoms with Crippen molar-refractivity contribution in [1.82, 2.24) is 10.2 Å². The van der Waals surface area contributed by atoms with Crippen molar-refractivity contribution in [3.8, 4) is 0 Å². The molecule has 0 aliphatic carbocycles. The fourth-order valence-electron chi connectivity index (χ4n) is 3.03. The van der Waals surface area contributed by atoms with Crippen molar-refractivity contribution in [2.75, 3.05) is 0 Å². The summed E-state index contributed by atoms with van der Waals surface area (Å²) in [5.74, 6) is 0.888. The summed E-state index contributed by atoms with van der Waals surface area (Å²) in [5.41, 5.74) is 0. The number of carbonyl (C=O) groups is 1. The lowest BCUT2D eigenvalue weighted by molar-refractivity contribution is -0.132. The Labute approximate surface area is 119 Å². The maximum Gasteiger partial charge on any atom is 0.241 e. The highest BCUT2D eigenvalue weighted by Crippen LogP contribution is 2.23. The summed E-state index contributed by atoms with van der Waals surface area (Å²) >= 11 is 0. The first-order valence-corrected chi connectivity index (χ1v) is 8.09. The average molecular weight is 268 g/mol. The van der Waals surface area contributed by atoms with E-state index in [2.05, 4.69) is 44.8 Å². The second-order valence-electron chi connectivity index (χ2n) is 6.36. The molecule has 0 aromatic rings. The topological polar surface area (TPSA) is 32.3 Å². The van der Waals surface area contributed by atoms with Crippen LogP contribution in [0.2, 0.25) is 0 Å². The molecule has 3 nitrogen and oxygen atoms in total. The van der Waals surface area contributed by atoms with Crippen molar-refractivity contribution < 1.29 is 4.79 Å². The second-order valence-corrected chi connectivity index (χ2v) is 6.36. The lowest BCUT2D eigenvalue weighted by atomic mass is 10.0. The Hall–Kier alpha value is -0.570. The van der Waals surface area contributed by atoms with Crippen LogP contribution in [0.15, 0.2) is 0 Å². The minimum Gasteiger partial charge on any atom is -0.323 e. The first-order chi connectivity index (χ1) is 9.01. The Morgan fingerprint density at radius 1 is 1.21 bits per heavy atom. The van der Waals surface area contributed by atoms with E-state index < -0.39 is 0 Å². The molecular formula is C16H32N2O. The van der Waals surface area contributed by atoms with Crippen LogP contribution < -0.4 is 5.32 Å². The van der Waals surface area contributed by atoms with Crippen LogP contribution in [0.5, 0.6) is 0 Å². The van der Waals surface area contributed by atoms with Crippen LogP contribution in [0, 0.1) is 5.92 Å². The van der Waals surface area contributed by atoms with Gasteiger partial charge >= 0.3 is 0 Å². The smallest absolute Gasteiger partial charge is 0.241 e. The number of nitrogens with zero attached hydrogens (tertiary/aromatic N) is 1. The molecule has 0 aromatic heterocycles. The molecule has 0 aromatic carbocycles. The quantitative estimate of drug-likeness (QED) is 0.683. The van der Waals surface area contributed by atoms with E-state index in [0.29, 0.717) is 17.9 Å². The van der Waals surface area contributed by atoms with Crippen LogP contribution in [0.4, 0.5) is 0 Å². The molecule has 0 saturated carbocycles. The predicted molar refractivity (Wildman–Crippen MR) is 80.9 cm³/mol. The van der Waals surface area contributed by atoms with Crippen LogP contribution in [0.3, 0.4) is 0 Å². The van der Waals surface area contributed by atoms with Gasteiger partial charge in [0.2, 0.25) is 5.91 Å². The van der Waals surface area contributed by atoms with E-state index in [4.69, 9.17) is 0 Å². The molecule has 0 spiro atoms. The molecule has 0 bridgehead atoms. The Kier molecular flexibility index (Phi) is 6.84. The van der Waals surface area contributed by atoms with Gasteiger partial charge in [0.25, 0.3) is 0 Å². The molecule has 1 aliphatic rings. The average Bonchev–Trinajstić information content (AvgIpc) is 2.65. The molecule has 1 saturated heterocycles. The number of unbranched alkanes of at least 4 members (excludes halogenated alkanes) is 2. The van der Waals surface area contributed by atoms with Gasteiger partial charge in [-0.1, -0.05) is 47.0 Å². The normalized spacial score (nSPS) is 25.4. The molecule has 3 atom stereocenters. The van der Waals surface area contributed by atoms with Gasteiger partial charge in [0, 0.05) is 6.04 Å². The first-order valence-electron chi connectivity index (χ1n) is 8.09. The van der Waals surface area contributed by atoms with Crippen molar-refractivity contribution in [1.29, 1.82) is 0 Å². The van der Waals surface area contributed by atoms with Crippen LogP contribution in [0.25, 0.3) is 0 Å².